The normalized spacial score (nSPS) is 10.9. The van der Waals surface area contributed by atoms with Crippen molar-refractivity contribution in [3.05, 3.63) is 36.7 Å². The molecule has 1 aromatic carbocycles. The van der Waals surface area contributed by atoms with Crippen molar-refractivity contribution >= 4 is 5.82 Å². The standard InChI is InChI=1S/C12H11N5/c1-17-7-14-10(13)9-12(17)16-11(15-9)8-5-3-2-4-6-8/h2-7H,13H2,1H3. The smallest absolute Gasteiger partial charge is 0.165 e. The molecule has 84 valence electrons. The Morgan fingerprint density at radius 2 is 1.88 bits per heavy atom. The van der Waals surface area contributed by atoms with E-state index in [4.69, 9.17) is 5.73 Å². The van der Waals surface area contributed by atoms with E-state index < -0.39 is 0 Å². The van der Waals surface area contributed by atoms with Gasteiger partial charge in [-0.3, -0.25) is 0 Å². The highest BCUT2D eigenvalue weighted by molar-refractivity contribution is 5.70. The third-order valence-corrected chi connectivity index (χ3v) is 2.62. The Morgan fingerprint density at radius 3 is 2.59 bits per heavy atom. The number of aryl methyl sites for hydroxylation is 1. The van der Waals surface area contributed by atoms with Crippen LogP contribution < -0.4 is 5.73 Å². The van der Waals surface area contributed by atoms with Crippen molar-refractivity contribution in [3.8, 4) is 22.9 Å². The van der Waals surface area contributed by atoms with Crippen LogP contribution in [0.4, 0.5) is 5.82 Å². The van der Waals surface area contributed by atoms with E-state index in [0.717, 1.165) is 11.4 Å². The minimum atomic E-state index is 0.410. The van der Waals surface area contributed by atoms with Crippen molar-refractivity contribution < 1.29 is 0 Å². The van der Waals surface area contributed by atoms with Crippen LogP contribution in [0.25, 0.3) is 22.9 Å². The topological polar surface area (TPSA) is 69.6 Å². The van der Waals surface area contributed by atoms with E-state index in [1.807, 2.05) is 41.9 Å². The van der Waals surface area contributed by atoms with Gasteiger partial charge in [-0.25, -0.2) is 15.0 Å². The van der Waals surface area contributed by atoms with Crippen molar-refractivity contribution in [2.24, 2.45) is 7.05 Å². The molecule has 3 rings (SSSR count). The first kappa shape index (κ1) is 9.77. The molecule has 5 nitrogen and oxygen atoms in total. The summed E-state index contributed by atoms with van der Waals surface area (Å²) in [5, 5.41) is 0. The molecule has 0 spiro atoms. The molecule has 0 atom stereocenters. The first-order chi connectivity index (χ1) is 8.25. The van der Waals surface area contributed by atoms with E-state index in [2.05, 4.69) is 15.0 Å². The van der Waals surface area contributed by atoms with Crippen LogP contribution in [0.15, 0.2) is 36.7 Å². The molecule has 0 radical (unpaired) electrons. The van der Waals surface area contributed by atoms with E-state index in [-0.39, 0.29) is 0 Å². The summed E-state index contributed by atoms with van der Waals surface area (Å²) in [5.74, 6) is 1.83. The van der Waals surface area contributed by atoms with Gasteiger partial charge in [0.2, 0.25) is 0 Å². The quantitative estimate of drug-likeness (QED) is 0.682. The second-order valence-corrected chi connectivity index (χ2v) is 3.83. The maximum absolute atomic E-state index is 5.79. The molecule has 0 amide bonds. The van der Waals surface area contributed by atoms with Gasteiger partial charge in [-0.15, -0.1) is 0 Å². The Kier molecular flexibility index (Phi) is 2.04. The Hall–Kier alpha value is -2.43. The highest BCUT2D eigenvalue weighted by atomic mass is 15.1. The minimum Gasteiger partial charge on any atom is -0.382 e. The molecule has 2 N–H and O–H groups in total. The number of imidazole rings is 1. The lowest BCUT2D eigenvalue weighted by molar-refractivity contribution is 0.855. The van der Waals surface area contributed by atoms with Crippen LogP contribution in [0, 0.1) is 0 Å². The highest BCUT2D eigenvalue weighted by Crippen LogP contribution is 2.26. The molecular weight excluding hydrogens is 214 g/mol. The van der Waals surface area contributed by atoms with Crippen LogP contribution in [0.2, 0.25) is 0 Å². The Bertz CT molecular complexity index is 593. The molecular formula is C12H11N5. The molecule has 0 saturated carbocycles. The fourth-order valence-corrected chi connectivity index (χ4v) is 1.73. The molecule has 0 unspecified atom stereocenters. The average Bonchev–Trinajstić information content (AvgIpc) is 2.81. The van der Waals surface area contributed by atoms with Crippen molar-refractivity contribution in [1.29, 1.82) is 0 Å². The van der Waals surface area contributed by atoms with Crippen LogP contribution in [-0.4, -0.2) is 19.5 Å². The van der Waals surface area contributed by atoms with Gasteiger partial charge in [0.1, 0.15) is 0 Å². The van der Waals surface area contributed by atoms with Gasteiger partial charge in [0.25, 0.3) is 0 Å². The summed E-state index contributed by atoms with van der Waals surface area (Å²) in [4.78, 5) is 13.0. The van der Waals surface area contributed by atoms with Gasteiger partial charge in [-0.1, -0.05) is 30.3 Å². The van der Waals surface area contributed by atoms with Gasteiger partial charge in [0.05, 0.1) is 6.33 Å². The molecule has 2 heterocycles. The number of benzene rings is 1. The number of nitrogen functional groups attached to an aromatic ring is 1. The zero-order valence-corrected chi connectivity index (χ0v) is 9.33. The highest BCUT2D eigenvalue weighted by Gasteiger charge is 2.17. The molecule has 2 aliphatic heterocycles. The number of rotatable bonds is 1. The van der Waals surface area contributed by atoms with Crippen LogP contribution >= 0.6 is 0 Å². The largest absolute Gasteiger partial charge is 0.382 e. The fourth-order valence-electron chi connectivity index (χ4n) is 1.73. The predicted octanol–water partition coefficient (Wildman–Crippen LogP) is 1.56. The third kappa shape index (κ3) is 1.52. The summed E-state index contributed by atoms with van der Waals surface area (Å²) >= 11 is 0. The molecule has 2 aliphatic rings. The minimum absolute atomic E-state index is 0.410. The first-order valence-electron chi connectivity index (χ1n) is 5.25. The molecule has 0 saturated heterocycles. The van der Waals surface area contributed by atoms with Crippen molar-refractivity contribution in [1.82, 2.24) is 19.5 Å². The number of nitrogens with two attached hydrogens (primary N) is 1. The maximum atomic E-state index is 5.79. The summed E-state index contributed by atoms with van der Waals surface area (Å²) in [7, 11) is 1.87. The molecule has 0 aliphatic carbocycles. The van der Waals surface area contributed by atoms with Crippen molar-refractivity contribution in [2.75, 3.05) is 5.73 Å². The molecule has 17 heavy (non-hydrogen) atoms. The molecule has 0 aromatic heterocycles. The SMILES string of the molecule is Cn1cnc(N)c2nc(-c3ccccc3)nc1-2. The number of nitrogens with zero attached hydrogens (tertiary/aromatic N) is 4. The van der Waals surface area contributed by atoms with Gasteiger partial charge in [-0.2, -0.15) is 0 Å². The maximum Gasteiger partial charge on any atom is 0.165 e. The molecule has 1 aromatic rings. The van der Waals surface area contributed by atoms with Crippen LogP contribution in [-0.2, 0) is 7.05 Å². The molecule has 0 fully saturated rings. The lowest BCUT2D eigenvalue weighted by atomic mass is 10.2. The second kappa shape index (κ2) is 3.55. The van der Waals surface area contributed by atoms with E-state index in [1.165, 1.54) is 0 Å². The Balaban J connectivity index is 2.24. The van der Waals surface area contributed by atoms with Crippen molar-refractivity contribution in [2.45, 2.75) is 0 Å². The van der Waals surface area contributed by atoms with E-state index in [0.29, 0.717) is 17.3 Å². The number of hydrogen-bond donors (Lipinski definition) is 1. The van der Waals surface area contributed by atoms with Crippen LogP contribution in [0.5, 0.6) is 0 Å². The number of fused-ring (bicyclic) bond motifs is 1. The van der Waals surface area contributed by atoms with E-state index in [1.54, 1.807) is 6.33 Å². The monoisotopic (exact) mass is 225 g/mol. The summed E-state index contributed by atoms with van der Waals surface area (Å²) < 4.78 is 1.81. The Labute approximate surface area is 98.3 Å². The van der Waals surface area contributed by atoms with Crippen LogP contribution in [0.1, 0.15) is 0 Å². The molecule has 0 bridgehead atoms. The summed E-state index contributed by atoms with van der Waals surface area (Å²) in [6.45, 7) is 0. The van der Waals surface area contributed by atoms with Gasteiger partial charge in [-0.05, 0) is 0 Å². The van der Waals surface area contributed by atoms with Crippen molar-refractivity contribution in [3.63, 3.8) is 0 Å². The van der Waals surface area contributed by atoms with E-state index >= 15 is 0 Å². The summed E-state index contributed by atoms with van der Waals surface area (Å²) in [6, 6.07) is 9.81. The predicted molar refractivity (Wildman–Crippen MR) is 65.3 cm³/mol. The number of anilines is 1. The van der Waals surface area contributed by atoms with Gasteiger partial charge in [0, 0.05) is 12.6 Å². The second-order valence-electron chi connectivity index (χ2n) is 3.83. The molecule has 5 heteroatoms. The zero-order valence-electron chi connectivity index (χ0n) is 9.33. The lowest BCUT2D eigenvalue weighted by Gasteiger charge is -2.03. The number of aromatic nitrogens is 4. The average molecular weight is 225 g/mol. The van der Waals surface area contributed by atoms with Gasteiger partial charge in [0.15, 0.2) is 23.2 Å². The number of hydrogen-bond acceptors (Lipinski definition) is 4. The van der Waals surface area contributed by atoms with E-state index in [9.17, 15) is 0 Å². The fraction of sp³-hybridized carbons (Fsp3) is 0.0833. The Morgan fingerprint density at radius 1 is 1.12 bits per heavy atom. The van der Waals surface area contributed by atoms with Crippen LogP contribution in [0.3, 0.4) is 0 Å². The third-order valence-electron chi connectivity index (χ3n) is 2.62. The summed E-state index contributed by atoms with van der Waals surface area (Å²) in [5.41, 5.74) is 7.41. The van der Waals surface area contributed by atoms with Gasteiger partial charge < -0.3 is 10.3 Å². The zero-order chi connectivity index (χ0) is 11.8. The van der Waals surface area contributed by atoms with Gasteiger partial charge >= 0.3 is 0 Å². The summed E-state index contributed by atoms with van der Waals surface area (Å²) in [6.07, 6.45) is 1.64. The lowest BCUT2D eigenvalue weighted by Crippen LogP contribution is -2.03. The first-order valence-corrected chi connectivity index (χ1v) is 5.25.